The van der Waals surface area contributed by atoms with Crippen molar-refractivity contribution in [2.24, 2.45) is 11.8 Å². The Balaban J connectivity index is 2.18. The van der Waals surface area contributed by atoms with E-state index in [0.29, 0.717) is 6.07 Å². The molecule has 4 atom stereocenters. The van der Waals surface area contributed by atoms with Gasteiger partial charge in [0, 0.05) is 6.07 Å². The third-order valence-electron chi connectivity index (χ3n) is 3.89. The SMILES string of the molecule is CC1OC(C)C(C(=O)Nc2cc(N)c(F)cc2F)C1C. The summed E-state index contributed by atoms with van der Waals surface area (Å²) < 4.78 is 32.3. The van der Waals surface area contributed by atoms with Crippen LogP contribution in [0.4, 0.5) is 20.2 Å². The minimum atomic E-state index is -0.850. The van der Waals surface area contributed by atoms with Crippen molar-refractivity contribution in [2.75, 3.05) is 11.1 Å². The van der Waals surface area contributed by atoms with Crippen molar-refractivity contribution in [3.8, 4) is 0 Å². The quantitative estimate of drug-likeness (QED) is 0.820. The molecule has 4 unspecified atom stereocenters. The van der Waals surface area contributed by atoms with Gasteiger partial charge in [0.1, 0.15) is 11.6 Å². The van der Waals surface area contributed by atoms with E-state index in [4.69, 9.17) is 10.5 Å². The van der Waals surface area contributed by atoms with E-state index in [2.05, 4.69) is 5.32 Å². The number of nitrogen functional groups attached to an aromatic ring is 1. The molecule has 3 N–H and O–H groups in total. The van der Waals surface area contributed by atoms with Crippen LogP contribution < -0.4 is 11.1 Å². The summed E-state index contributed by atoms with van der Waals surface area (Å²) in [5.74, 6) is -2.40. The van der Waals surface area contributed by atoms with Crippen LogP contribution in [0, 0.1) is 23.5 Å². The maximum atomic E-state index is 13.6. The number of anilines is 2. The molecule has 0 bridgehead atoms. The zero-order chi connectivity index (χ0) is 15.0. The fourth-order valence-corrected chi connectivity index (χ4v) is 2.60. The summed E-state index contributed by atoms with van der Waals surface area (Å²) in [6.07, 6.45) is -0.287. The van der Waals surface area contributed by atoms with Gasteiger partial charge >= 0.3 is 0 Å². The number of carbonyl (C=O) groups is 1. The van der Waals surface area contributed by atoms with Gasteiger partial charge in [0.2, 0.25) is 5.91 Å². The largest absolute Gasteiger partial charge is 0.396 e. The van der Waals surface area contributed by atoms with E-state index in [1.165, 1.54) is 0 Å². The van der Waals surface area contributed by atoms with Crippen molar-refractivity contribution >= 4 is 17.3 Å². The molecule has 1 fully saturated rings. The van der Waals surface area contributed by atoms with Crippen molar-refractivity contribution in [3.63, 3.8) is 0 Å². The van der Waals surface area contributed by atoms with Gasteiger partial charge in [0.15, 0.2) is 0 Å². The fourth-order valence-electron chi connectivity index (χ4n) is 2.60. The van der Waals surface area contributed by atoms with Crippen LogP contribution in [0.25, 0.3) is 0 Å². The maximum Gasteiger partial charge on any atom is 0.230 e. The Morgan fingerprint density at radius 3 is 2.40 bits per heavy atom. The summed E-state index contributed by atoms with van der Waals surface area (Å²) in [4.78, 5) is 12.2. The minimum absolute atomic E-state index is 0.0193. The molecule has 1 aromatic rings. The molecular weight excluding hydrogens is 266 g/mol. The molecule has 0 aliphatic carbocycles. The van der Waals surface area contributed by atoms with Crippen molar-refractivity contribution in [2.45, 2.75) is 33.0 Å². The van der Waals surface area contributed by atoms with Gasteiger partial charge in [-0.2, -0.15) is 0 Å². The number of rotatable bonds is 2. The topological polar surface area (TPSA) is 64.3 Å². The normalized spacial score (nSPS) is 29.4. The van der Waals surface area contributed by atoms with Crippen molar-refractivity contribution in [1.29, 1.82) is 0 Å². The number of nitrogens with one attached hydrogen (secondary N) is 1. The molecule has 0 saturated carbocycles. The Morgan fingerprint density at radius 1 is 1.20 bits per heavy atom. The van der Waals surface area contributed by atoms with Gasteiger partial charge in [0.25, 0.3) is 0 Å². The zero-order valence-electron chi connectivity index (χ0n) is 11.6. The first-order valence-electron chi connectivity index (χ1n) is 6.52. The molecule has 0 spiro atoms. The maximum absolute atomic E-state index is 13.6. The van der Waals surface area contributed by atoms with Crippen LogP contribution in [0.2, 0.25) is 0 Å². The summed E-state index contributed by atoms with van der Waals surface area (Å²) in [6.45, 7) is 5.61. The minimum Gasteiger partial charge on any atom is -0.396 e. The lowest BCUT2D eigenvalue weighted by Crippen LogP contribution is -2.32. The van der Waals surface area contributed by atoms with Gasteiger partial charge in [-0.25, -0.2) is 8.78 Å². The number of nitrogens with two attached hydrogens (primary N) is 1. The van der Waals surface area contributed by atoms with Gasteiger partial charge in [-0.15, -0.1) is 0 Å². The Bertz CT molecular complexity index is 536. The fraction of sp³-hybridized carbons (Fsp3) is 0.500. The number of amides is 1. The summed E-state index contributed by atoms with van der Waals surface area (Å²) in [5, 5.41) is 2.46. The Kier molecular flexibility index (Phi) is 3.94. The van der Waals surface area contributed by atoms with Gasteiger partial charge in [-0.1, -0.05) is 6.92 Å². The van der Waals surface area contributed by atoms with Gasteiger partial charge in [-0.3, -0.25) is 4.79 Å². The van der Waals surface area contributed by atoms with E-state index in [0.717, 1.165) is 6.07 Å². The summed E-state index contributed by atoms with van der Waals surface area (Å²) >= 11 is 0. The lowest BCUT2D eigenvalue weighted by molar-refractivity contribution is -0.122. The lowest BCUT2D eigenvalue weighted by Gasteiger charge is -2.18. The highest BCUT2D eigenvalue weighted by atomic mass is 19.1. The second-order valence-corrected chi connectivity index (χ2v) is 5.27. The van der Waals surface area contributed by atoms with Gasteiger partial charge in [-0.05, 0) is 25.8 Å². The predicted octanol–water partition coefficient (Wildman–Crippen LogP) is 2.55. The molecule has 1 aromatic carbocycles. The molecular formula is C14H18F2N2O2. The number of halogens is 2. The highest BCUT2D eigenvalue weighted by molar-refractivity contribution is 5.93. The number of hydrogen-bond donors (Lipinski definition) is 2. The average Bonchev–Trinajstić information content (AvgIpc) is 2.60. The standard InChI is InChI=1S/C14H18F2N2O2/c1-6-7(2)20-8(3)13(6)14(19)18-12-5-11(17)9(15)4-10(12)16/h4-8,13H,17H2,1-3H3,(H,18,19). The molecule has 1 aliphatic rings. The predicted molar refractivity (Wildman–Crippen MR) is 72.1 cm³/mol. The van der Waals surface area contributed by atoms with Crippen LogP contribution in [0.5, 0.6) is 0 Å². The first-order chi connectivity index (χ1) is 9.31. The van der Waals surface area contributed by atoms with E-state index >= 15 is 0 Å². The average molecular weight is 284 g/mol. The molecule has 4 nitrogen and oxygen atoms in total. The van der Waals surface area contributed by atoms with Crippen molar-refractivity contribution in [3.05, 3.63) is 23.8 Å². The van der Waals surface area contributed by atoms with Crippen LogP contribution >= 0.6 is 0 Å². The first kappa shape index (κ1) is 14.7. The van der Waals surface area contributed by atoms with Crippen molar-refractivity contribution < 1.29 is 18.3 Å². The van der Waals surface area contributed by atoms with Gasteiger partial charge < -0.3 is 15.8 Å². The van der Waals surface area contributed by atoms with Gasteiger partial charge in [0.05, 0.1) is 29.5 Å². The smallest absolute Gasteiger partial charge is 0.230 e. The highest BCUT2D eigenvalue weighted by Gasteiger charge is 2.41. The van der Waals surface area contributed by atoms with E-state index in [9.17, 15) is 13.6 Å². The zero-order valence-corrected chi connectivity index (χ0v) is 11.6. The molecule has 6 heteroatoms. The second-order valence-electron chi connectivity index (χ2n) is 5.27. The van der Waals surface area contributed by atoms with E-state index < -0.39 is 11.6 Å². The Hall–Kier alpha value is -1.69. The Labute approximate surface area is 116 Å². The second kappa shape index (κ2) is 5.36. The number of benzene rings is 1. The summed E-state index contributed by atoms with van der Waals surface area (Å²) in [5.41, 5.74) is 5.05. The van der Waals surface area contributed by atoms with Crippen LogP contribution in [0.15, 0.2) is 12.1 Å². The third-order valence-corrected chi connectivity index (χ3v) is 3.89. The molecule has 1 heterocycles. The highest BCUT2D eigenvalue weighted by Crippen LogP contribution is 2.33. The monoisotopic (exact) mass is 284 g/mol. The molecule has 0 radical (unpaired) electrons. The Morgan fingerprint density at radius 2 is 1.85 bits per heavy atom. The molecule has 1 saturated heterocycles. The molecule has 1 aliphatic heterocycles. The van der Waals surface area contributed by atoms with E-state index in [1.54, 1.807) is 6.92 Å². The van der Waals surface area contributed by atoms with Crippen LogP contribution in [0.3, 0.4) is 0 Å². The van der Waals surface area contributed by atoms with E-state index in [1.807, 2.05) is 13.8 Å². The third kappa shape index (κ3) is 2.60. The first-order valence-corrected chi connectivity index (χ1v) is 6.52. The molecule has 0 aromatic heterocycles. The van der Waals surface area contributed by atoms with Crippen LogP contribution in [0.1, 0.15) is 20.8 Å². The molecule has 20 heavy (non-hydrogen) atoms. The van der Waals surface area contributed by atoms with Crippen LogP contribution in [-0.2, 0) is 9.53 Å². The molecule has 110 valence electrons. The molecule has 1 amide bonds. The van der Waals surface area contributed by atoms with Crippen LogP contribution in [-0.4, -0.2) is 18.1 Å². The summed E-state index contributed by atoms with van der Waals surface area (Å²) in [7, 11) is 0. The number of carbonyl (C=O) groups excluding carboxylic acids is 1. The van der Waals surface area contributed by atoms with Crippen molar-refractivity contribution in [1.82, 2.24) is 0 Å². The van der Waals surface area contributed by atoms with E-state index in [-0.39, 0.29) is 41.3 Å². The molecule has 2 rings (SSSR count). The summed E-state index contributed by atoms with van der Waals surface area (Å²) in [6, 6.07) is 1.74. The number of hydrogen-bond acceptors (Lipinski definition) is 3. The number of ether oxygens (including phenoxy) is 1. The lowest BCUT2D eigenvalue weighted by atomic mass is 9.89.